The zero-order valence-corrected chi connectivity index (χ0v) is 11.0. The van der Waals surface area contributed by atoms with Crippen molar-refractivity contribution in [3.63, 3.8) is 0 Å². The van der Waals surface area contributed by atoms with E-state index in [1.807, 2.05) is 26.8 Å². The molecule has 0 bridgehead atoms. The van der Waals surface area contributed by atoms with E-state index in [0.717, 1.165) is 0 Å². The lowest BCUT2D eigenvalue weighted by atomic mass is 9.85. The molecule has 0 heterocycles. The van der Waals surface area contributed by atoms with Gasteiger partial charge >= 0.3 is 0 Å². The summed E-state index contributed by atoms with van der Waals surface area (Å²) in [6.07, 6.45) is 0.281. The van der Waals surface area contributed by atoms with E-state index in [1.54, 1.807) is 24.3 Å². The molecule has 0 radical (unpaired) electrons. The second-order valence-electron chi connectivity index (χ2n) is 5.41. The van der Waals surface area contributed by atoms with Gasteiger partial charge in [-0.15, -0.1) is 0 Å². The van der Waals surface area contributed by atoms with Gasteiger partial charge in [0.2, 0.25) is 5.91 Å². The van der Waals surface area contributed by atoms with Crippen LogP contribution in [0.2, 0.25) is 0 Å². The van der Waals surface area contributed by atoms with Gasteiger partial charge in [-0.3, -0.25) is 4.79 Å². The first-order valence-electron chi connectivity index (χ1n) is 5.88. The minimum Gasteiger partial charge on any atom is -0.327 e. The first-order chi connectivity index (χ1) is 8.32. The van der Waals surface area contributed by atoms with E-state index in [9.17, 15) is 4.79 Å². The Morgan fingerprint density at radius 2 is 1.94 bits per heavy atom. The van der Waals surface area contributed by atoms with Crippen LogP contribution in [0.3, 0.4) is 0 Å². The molecule has 4 nitrogen and oxygen atoms in total. The molecule has 96 valence electrons. The van der Waals surface area contributed by atoms with Gasteiger partial charge in [-0.1, -0.05) is 20.8 Å². The monoisotopic (exact) mass is 245 g/mol. The molecule has 0 fully saturated rings. The lowest BCUT2D eigenvalue weighted by molar-refractivity contribution is -0.117. The van der Waals surface area contributed by atoms with Gasteiger partial charge in [0, 0.05) is 18.2 Å². The Hall–Kier alpha value is -1.86. The number of amides is 1. The van der Waals surface area contributed by atoms with E-state index in [4.69, 9.17) is 11.0 Å². The number of nitrogens with zero attached hydrogens (tertiary/aromatic N) is 1. The van der Waals surface area contributed by atoms with Crippen molar-refractivity contribution < 1.29 is 4.79 Å². The first kappa shape index (κ1) is 14.2. The fraction of sp³-hybridized carbons (Fsp3) is 0.429. The summed E-state index contributed by atoms with van der Waals surface area (Å²) >= 11 is 0. The standard InChI is InChI=1S/C14H19N3O/c1-14(2,3)12(16)8-13(18)17-11-6-4-10(9-15)5-7-11/h4-7,12H,8,16H2,1-3H3,(H,17,18). The fourth-order valence-electron chi connectivity index (χ4n) is 1.35. The molecule has 0 aliphatic heterocycles. The lowest BCUT2D eigenvalue weighted by Gasteiger charge is -2.26. The highest BCUT2D eigenvalue weighted by Crippen LogP contribution is 2.20. The van der Waals surface area contributed by atoms with Crippen molar-refractivity contribution in [3.8, 4) is 6.07 Å². The molecule has 1 unspecified atom stereocenters. The van der Waals surface area contributed by atoms with Crippen molar-refractivity contribution >= 4 is 11.6 Å². The molecule has 1 atom stereocenters. The number of carbonyl (C=O) groups is 1. The summed E-state index contributed by atoms with van der Waals surface area (Å²) < 4.78 is 0. The molecule has 4 heteroatoms. The Bertz CT molecular complexity index is 451. The van der Waals surface area contributed by atoms with Gasteiger partial charge in [0.25, 0.3) is 0 Å². The van der Waals surface area contributed by atoms with Gasteiger partial charge in [0.1, 0.15) is 0 Å². The molecule has 0 saturated carbocycles. The Morgan fingerprint density at radius 3 is 2.39 bits per heavy atom. The molecular weight excluding hydrogens is 226 g/mol. The third-order valence-electron chi connectivity index (χ3n) is 2.82. The normalized spacial score (nSPS) is 12.6. The number of carbonyl (C=O) groups excluding carboxylic acids is 1. The SMILES string of the molecule is CC(C)(C)C(N)CC(=O)Nc1ccc(C#N)cc1. The van der Waals surface area contributed by atoms with E-state index >= 15 is 0 Å². The Balaban J connectivity index is 2.57. The van der Waals surface area contributed by atoms with Crippen LogP contribution >= 0.6 is 0 Å². The Labute approximate surface area is 108 Å². The van der Waals surface area contributed by atoms with Gasteiger partial charge < -0.3 is 11.1 Å². The summed E-state index contributed by atoms with van der Waals surface area (Å²) in [7, 11) is 0. The summed E-state index contributed by atoms with van der Waals surface area (Å²) in [4.78, 5) is 11.8. The van der Waals surface area contributed by atoms with E-state index in [1.165, 1.54) is 0 Å². The average Bonchev–Trinajstić information content (AvgIpc) is 2.28. The second-order valence-corrected chi connectivity index (χ2v) is 5.41. The van der Waals surface area contributed by atoms with Crippen LogP contribution in [0.25, 0.3) is 0 Å². The van der Waals surface area contributed by atoms with Crippen LogP contribution in [0.5, 0.6) is 0 Å². The minimum atomic E-state index is -0.184. The Morgan fingerprint density at radius 1 is 1.39 bits per heavy atom. The van der Waals surface area contributed by atoms with Crippen LogP contribution in [0, 0.1) is 16.7 Å². The highest BCUT2D eigenvalue weighted by atomic mass is 16.1. The topological polar surface area (TPSA) is 78.9 Å². The predicted molar refractivity (Wildman–Crippen MR) is 71.8 cm³/mol. The maximum atomic E-state index is 11.8. The first-order valence-corrected chi connectivity index (χ1v) is 5.88. The number of nitrogens with two attached hydrogens (primary N) is 1. The molecule has 18 heavy (non-hydrogen) atoms. The third-order valence-corrected chi connectivity index (χ3v) is 2.82. The number of anilines is 1. The van der Waals surface area contributed by atoms with E-state index < -0.39 is 0 Å². The minimum absolute atomic E-state index is 0.0952. The second kappa shape index (κ2) is 5.65. The molecule has 1 aromatic rings. The molecule has 3 N–H and O–H groups in total. The van der Waals surface area contributed by atoms with Crippen LogP contribution in [0.1, 0.15) is 32.8 Å². The van der Waals surface area contributed by atoms with E-state index in [0.29, 0.717) is 11.3 Å². The number of benzene rings is 1. The van der Waals surface area contributed by atoms with Crippen LogP contribution in [0.4, 0.5) is 5.69 Å². The number of hydrogen-bond donors (Lipinski definition) is 2. The molecule has 0 aromatic heterocycles. The zero-order valence-electron chi connectivity index (χ0n) is 11.0. The number of nitrogens with one attached hydrogen (secondary N) is 1. The smallest absolute Gasteiger partial charge is 0.225 e. The van der Waals surface area contributed by atoms with Gasteiger partial charge in [-0.25, -0.2) is 0 Å². The summed E-state index contributed by atoms with van der Waals surface area (Å²) in [6.45, 7) is 6.02. The van der Waals surface area contributed by atoms with Crippen molar-refractivity contribution in [2.75, 3.05) is 5.32 Å². The average molecular weight is 245 g/mol. The quantitative estimate of drug-likeness (QED) is 0.857. The highest BCUT2D eigenvalue weighted by Gasteiger charge is 2.23. The van der Waals surface area contributed by atoms with Crippen molar-refractivity contribution in [2.24, 2.45) is 11.1 Å². The molecule has 1 amide bonds. The maximum Gasteiger partial charge on any atom is 0.225 e. The molecule has 0 aliphatic rings. The van der Waals surface area contributed by atoms with Crippen molar-refractivity contribution in [2.45, 2.75) is 33.2 Å². The van der Waals surface area contributed by atoms with E-state index in [2.05, 4.69) is 5.32 Å². The van der Waals surface area contributed by atoms with Gasteiger partial charge in [0.05, 0.1) is 11.6 Å². The lowest BCUT2D eigenvalue weighted by Crippen LogP contribution is -2.38. The van der Waals surface area contributed by atoms with Crippen molar-refractivity contribution in [3.05, 3.63) is 29.8 Å². The van der Waals surface area contributed by atoms with Crippen LogP contribution in [-0.4, -0.2) is 11.9 Å². The largest absolute Gasteiger partial charge is 0.327 e. The van der Waals surface area contributed by atoms with Gasteiger partial charge in [-0.2, -0.15) is 5.26 Å². The molecule has 0 spiro atoms. The third kappa shape index (κ3) is 4.19. The summed E-state index contributed by atoms with van der Waals surface area (Å²) in [6, 6.07) is 8.59. The van der Waals surface area contributed by atoms with E-state index in [-0.39, 0.29) is 23.8 Å². The zero-order chi connectivity index (χ0) is 13.8. The summed E-state index contributed by atoms with van der Waals surface area (Å²) in [5.41, 5.74) is 7.10. The van der Waals surface area contributed by atoms with Crippen LogP contribution in [-0.2, 0) is 4.79 Å². The number of nitriles is 1. The molecule has 1 rings (SSSR count). The van der Waals surface area contributed by atoms with Crippen molar-refractivity contribution in [1.29, 1.82) is 5.26 Å². The molecule has 0 aliphatic carbocycles. The summed E-state index contributed by atoms with van der Waals surface area (Å²) in [5, 5.41) is 11.4. The predicted octanol–water partition coefficient (Wildman–Crippen LogP) is 2.26. The number of hydrogen-bond acceptors (Lipinski definition) is 3. The van der Waals surface area contributed by atoms with Crippen molar-refractivity contribution in [1.82, 2.24) is 0 Å². The molecule has 1 aromatic carbocycles. The van der Waals surface area contributed by atoms with Gasteiger partial charge in [0.15, 0.2) is 0 Å². The summed E-state index contributed by atoms with van der Waals surface area (Å²) in [5.74, 6) is -0.109. The molecular formula is C14H19N3O. The fourth-order valence-corrected chi connectivity index (χ4v) is 1.35. The maximum absolute atomic E-state index is 11.8. The van der Waals surface area contributed by atoms with Gasteiger partial charge in [-0.05, 0) is 29.7 Å². The number of rotatable bonds is 3. The molecule has 0 saturated heterocycles. The van der Waals surface area contributed by atoms with Crippen LogP contribution in [0.15, 0.2) is 24.3 Å². The van der Waals surface area contributed by atoms with Crippen LogP contribution < -0.4 is 11.1 Å². The highest BCUT2D eigenvalue weighted by molar-refractivity contribution is 5.91. The Kier molecular flexibility index (Phi) is 4.46.